The van der Waals surface area contributed by atoms with Gasteiger partial charge in [0.1, 0.15) is 5.75 Å². The van der Waals surface area contributed by atoms with Crippen LogP contribution in [0.15, 0.2) is 54.6 Å². The maximum absolute atomic E-state index is 11.6. The third-order valence-electron chi connectivity index (χ3n) is 2.55. The Morgan fingerprint density at radius 1 is 1.10 bits per heavy atom. The smallest absolute Gasteiger partial charge is 0.336 e. The monoisotopic (exact) mass is 303 g/mol. The SMILES string of the molecule is O=C(C=Cc1ccc(Cl)cc1)Oc1ccc([N+](=O)[O-])cc1. The van der Waals surface area contributed by atoms with Crippen molar-refractivity contribution < 1.29 is 14.5 Å². The summed E-state index contributed by atoms with van der Waals surface area (Å²) in [5.74, 6) is -0.329. The van der Waals surface area contributed by atoms with E-state index in [0.717, 1.165) is 5.56 Å². The molecule has 106 valence electrons. The second-order valence-corrected chi connectivity index (χ2v) is 4.49. The predicted octanol–water partition coefficient (Wildman–Crippen LogP) is 3.87. The number of esters is 1. The van der Waals surface area contributed by atoms with E-state index in [0.29, 0.717) is 5.02 Å². The number of rotatable bonds is 4. The fraction of sp³-hybridized carbons (Fsp3) is 0. The zero-order chi connectivity index (χ0) is 15.2. The Balaban J connectivity index is 1.98. The van der Waals surface area contributed by atoms with Crippen LogP contribution in [0.5, 0.6) is 5.75 Å². The molecule has 0 spiro atoms. The number of carbonyl (C=O) groups is 1. The van der Waals surface area contributed by atoms with Crippen LogP contribution in [0.3, 0.4) is 0 Å². The van der Waals surface area contributed by atoms with Gasteiger partial charge in [-0.3, -0.25) is 10.1 Å². The molecule has 0 saturated heterocycles. The summed E-state index contributed by atoms with van der Waals surface area (Å²) in [6.45, 7) is 0. The lowest BCUT2D eigenvalue weighted by Crippen LogP contribution is -2.03. The lowest BCUT2D eigenvalue weighted by Gasteiger charge is -2.00. The molecule has 21 heavy (non-hydrogen) atoms. The zero-order valence-electron chi connectivity index (χ0n) is 10.7. The zero-order valence-corrected chi connectivity index (χ0v) is 11.5. The van der Waals surface area contributed by atoms with Crippen molar-refractivity contribution in [2.45, 2.75) is 0 Å². The Morgan fingerprint density at radius 2 is 1.71 bits per heavy atom. The Morgan fingerprint density at radius 3 is 2.29 bits per heavy atom. The van der Waals surface area contributed by atoms with Crippen molar-refractivity contribution in [3.05, 3.63) is 75.3 Å². The minimum atomic E-state index is -0.571. The van der Waals surface area contributed by atoms with E-state index >= 15 is 0 Å². The summed E-state index contributed by atoms with van der Waals surface area (Å²) in [6.07, 6.45) is 2.86. The van der Waals surface area contributed by atoms with Gasteiger partial charge in [-0.1, -0.05) is 23.7 Å². The fourth-order valence-electron chi connectivity index (χ4n) is 1.52. The van der Waals surface area contributed by atoms with E-state index in [1.807, 2.05) is 0 Å². The standard InChI is InChI=1S/C15H10ClNO4/c16-12-4-1-11(2-5-12)3-10-15(18)21-14-8-6-13(7-9-14)17(19)20/h1-10H. The van der Waals surface area contributed by atoms with Crippen LogP contribution in [0.4, 0.5) is 5.69 Å². The maximum Gasteiger partial charge on any atom is 0.336 e. The van der Waals surface area contributed by atoms with Crippen LogP contribution in [-0.4, -0.2) is 10.9 Å². The van der Waals surface area contributed by atoms with Gasteiger partial charge < -0.3 is 4.74 Å². The van der Waals surface area contributed by atoms with E-state index in [4.69, 9.17) is 16.3 Å². The number of carbonyl (C=O) groups excluding carboxylic acids is 1. The highest BCUT2D eigenvalue weighted by Gasteiger charge is 2.06. The van der Waals surface area contributed by atoms with E-state index in [1.54, 1.807) is 30.3 Å². The Bertz CT molecular complexity index is 678. The first-order valence-corrected chi connectivity index (χ1v) is 6.32. The van der Waals surface area contributed by atoms with Crippen molar-refractivity contribution in [1.29, 1.82) is 0 Å². The number of hydrogen-bond acceptors (Lipinski definition) is 4. The normalized spacial score (nSPS) is 10.5. The minimum absolute atomic E-state index is 0.0634. The second-order valence-electron chi connectivity index (χ2n) is 4.06. The first-order valence-electron chi connectivity index (χ1n) is 5.94. The summed E-state index contributed by atoms with van der Waals surface area (Å²) in [6, 6.07) is 12.2. The molecule has 0 saturated carbocycles. The number of nitro groups is 1. The summed E-state index contributed by atoms with van der Waals surface area (Å²) in [5.41, 5.74) is 0.742. The van der Waals surface area contributed by atoms with Gasteiger partial charge in [0.2, 0.25) is 0 Å². The number of nitro benzene ring substituents is 1. The van der Waals surface area contributed by atoms with Gasteiger partial charge in [-0.2, -0.15) is 0 Å². The Hall–Kier alpha value is -2.66. The van der Waals surface area contributed by atoms with Gasteiger partial charge in [-0.25, -0.2) is 4.79 Å². The molecule has 0 amide bonds. The minimum Gasteiger partial charge on any atom is -0.423 e. The third kappa shape index (κ3) is 4.43. The lowest BCUT2D eigenvalue weighted by atomic mass is 10.2. The number of ether oxygens (including phenoxy) is 1. The maximum atomic E-state index is 11.6. The van der Waals surface area contributed by atoms with Crippen molar-refractivity contribution in [3.63, 3.8) is 0 Å². The van der Waals surface area contributed by atoms with Crippen molar-refractivity contribution in [2.75, 3.05) is 0 Å². The highest BCUT2D eigenvalue weighted by Crippen LogP contribution is 2.17. The molecule has 0 aliphatic heterocycles. The molecule has 0 fully saturated rings. The van der Waals surface area contributed by atoms with Crippen LogP contribution in [0.1, 0.15) is 5.56 Å². The lowest BCUT2D eigenvalue weighted by molar-refractivity contribution is -0.384. The molecule has 2 aromatic rings. The van der Waals surface area contributed by atoms with Gasteiger partial charge in [0.15, 0.2) is 0 Å². The average molecular weight is 304 g/mol. The average Bonchev–Trinajstić information content (AvgIpc) is 2.47. The topological polar surface area (TPSA) is 69.4 Å². The van der Waals surface area contributed by atoms with Gasteiger partial charge in [0.25, 0.3) is 5.69 Å². The first kappa shape index (κ1) is 14.7. The number of hydrogen-bond donors (Lipinski definition) is 0. The van der Waals surface area contributed by atoms with E-state index in [-0.39, 0.29) is 11.4 Å². The van der Waals surface area contributed by atoms with Gasteiger partial charge in [0, 0.05) is 23.2 Å². The molecule has 0 bridgehead atoms. The van der Waals surface area contributed by atoms with Gasteiger partial charge in [0.05, 0.1) is 4.92 Å². The van der Waals surface area contributed by atoms with Crippen LogP contribution in [0, 0.1) is 10.1 Å². The Kier molecular flexibility index (Phi) is 4.68. The first-order chi connectivity index (χ1) is 10.0. The van der Waals surface area contributed by atoms with Gasteiger partial charge in [-0.15, -0.1) is 0 Å². The largest absolute Gasteiger partial charge is 0.423 e. The quantitative estimate of drug-likeness (QED) is 0.283. The van der Waals surface area contributed by atoms with Crippen molar-refractivity contribution >= 4 is 29.3 Å². The van der Waals surface area contributed by atoms with E-state index in [1.165, 1.54) is 30.3 Å². The molecule has 5 nitrogen and oxygen atoms in total. The van der Waals surface area contributed by atoms with Gasteiger partial charge >= 0.3 is 5.97 Å². The molecule has 2 aromatic carbocycles. The Labute approximate surface area is 125 Å². The van der Waals surface area contributed by atoms with Gasteiger partial charge in [-0.05, 0) is 35.9 Å². The fourth-order valence-corrected chi connectivity index (χ4v) is 1.65. The number of nitrogens with zero attached hydrogens (tertiary/aromatic N) is 1. The van der Waals surface area contributed by atoms with Crippen LogP contribution in [-0.2, 0) is 4.79 Å². The molecule has 6 heteroatoms. The third-order valence-corrected chi connectivity index (χ3v) is 2.80. The van der Waals surface area contributed by atoms with Crippen LogP contribution in [0.25, 0.3) is 6.08 Å². The molecule has 0 aromatic heterocycles. The molecule has 0 aliphatic rings. The summed E-state index contributed by atoms with van der Waals surface area (Å²) in [4.78, 5) is 21.6. The predicted molar refractivity (Wildman–Crippen MR) is 79.2 cm³/mol. The van der Waals surface area contributed by atoms with E-state index in [9.17, 15) is 14.9 Å². The molecular weight excluding hydrogens is 294 g/mol. The molecule has 0 N–H and O–H groups in total. The van der Waals surface area contributed by atoms with Crippen LogP contribution < -0.4 is 4.74 Å². The summed E-state index contributed by atoms with van der Waals surface area (Å²) in [7, 11) is 0. The molecule has 0 aliphatic carbocycles. The number of non-ortho nitro benzene ring substituents is 1. The molecule has 0 atom stereocenters. The highest BCUT2D eigenvalue weighted by molar-refractivity contribution is 6.30. The van der Waals surface area contributed by atoms with Crippen molar-refractivity contribution in [2.24, 2.45) is 0 Å². The number of halogens is 1. The van der Waals surface area contributed by atoms with Crippen molar-refractivity contribution in [1.82, 2.24) is 0 Å². The molecule has 0 radical (unpaired) electrons. The van der Waals surface area contributed by atoms with Crippen LogP contribution >= 0.6 is 11.6 Å². The number of benzene rings is 2. The van der Waals surface area contributed by atoms with Crippen LogP contribution in [0.2, 0.25) is 5.02 Å². The molecular formula is C15H10ClNO4. The highest BCUT2D eigenvalue weighted by atomic mass is 35.5. The van der Waals surface area contributed by atoms with E-state index < -0.39 is 10.9 Å². The summed E-state index contributed by atoms with van der Waals surface area (Å²) < 4.78 is 5.02. The van der Waals surface area contributed by atoms with E-state index in [2.05, 4.69) is 0 Å². The van der Waals surface area contributed by atoms with Crippen molar-refractivity contribution in [3.8, 4) is 5.75 Å². The second kappa shape index (κ2) is 6.67. The molecule has 0 unspecified atom stereocenters. The summed E-state index contributed by atoms with van der Waals surface area (Å²) in [5, 5.41) is 11.1. The molecule has 0 heterocycles. The molecule has 2 rings (SSSR count). The summed E-state index contributed by atoms with van der Waals surface area (Å²) >= 11 is 5.75.